The van der Waals surface area contributed by atoms with Gasteiger partial charge in [0.1, 0.15) is 0 Å². The molecule has 34 heavy (non-hydrogen) atoms. The van der Waals surface area contributed by atoms with E-state index in [4.69, 9.17) is 48.5 Å². The van der Waals surface area contributed by atoms with E-state index in [0.717, 1.165) is 18.9 Å². The third kappa shape index (κ3) is 38.8. The Hall–Kier alpha value is -0.400. The first-order valence-corrected chi connectivity index (χ1v) is 12.5. The quantitative estimate of drug-likeness (QED) is 0.150. The summed E-state index contributed by atoms with van der Waals surface area (Å²) in [6, 6.07) is 0. The highest BCUT2D eigenvalue weighted by molar-refractivity contribution is 4.47. The summed E-state index contributed by atoms with van der Waals surface area (Å²) in [5.74, 6) is 0.793. The molecule has 208 valence electrons. The molecule has 10 heteroatoms. The third-order valence-electron chi connectivity index (χ3n) is 4.01. The van der Waals surface area contributed by atoms with E-state index in [1.165, 1.54) is 12.8 Å². The molecule has 0 radical (unpaired) electrons. The van der Waals surface area contributed by atoms with Gasteiger partial charge in [-0.3, -0.25) is 0 Å². The maximum Gasteiger partial charge on any atom is 0.0745 e. The molecule has 0 amide bonds. The Morgan fingerprint density at radius 2 is 0.824 bits per heavy atom. The zero-order valence-corrected chi connectivity index (χ0v) is 21.8. The highest BCUT2D eigenvalue weighted by Crippen LogP contribution is 2.05. The summed E-state index contributed by atoms with van der Waals surface area (Å²) in [5.41, 5.74) is 0. The summed E-state index contributed by atoms with van der Waals surface area (Å²) in [7, 11) is 0. The topological polar surface area (TPSA) is 125 Å². The van der Waals surface area contributed by atoms with Gasteiger partial charge < -0.3 is 48.5 Å². The Morgan fingerprint density at radius 3 is 1.12 bits per heavy atom. The normalized spacial score (nSPS) is 12.1. The van der Waals surface area contributed by atoms with Crippen LogP contribution in [0.15, 0.2) is 0 Å². The van der Waals surface area contributed by atoms with Crippen LogP contribution in [-0.4, -0.2) is 127 Å². The molecule has 0 rings (SSSR count). The minimum atomic E-state index is -0.324. The third-order valence-corrected chi connectivity index (χ3v) is 4.01. The van der Waals surface area contributed by atoms with Gasteiger partial charge in [-0.05, 0) is 19.3 Å². The molecule has 0 bridgehead atoms. The van der Waals surface area contributed by atoms with Crippen LogP contribution < -0.4 is 0 Å². The molecule has 0 saturated heterocycles. The van der Waals surface area contributed by atoms with Crippen molar-refractivity contribution in [3.63, 3.8) is 0 Å². The average molecular weight is 501 g/mol. The molecule has 0 spiro atoms. The number of hydrogen-bond acceptors (Lipinski definition) is 10. The van der Waals surface area contributed by atoms with Crippen molar-refractivity contribution in [2.45, 2.75) is 46.1 Å². The average Bonchev–Trinajstić information content (AvgIpc) is 2.80. The second kappa shape index (κ2) is 32.6. The molecule has 10 nitrogen and oxygen atoms in total. The van der Waals surface area contributed by atoms with Gasteiger partial charge in [-0.2, -0.15) is 0 Å². The Balaban J connectivity index is 0. The largest absolute Gasteiger partial charge is 0.394 e. The smallest absolute Gasteiger partial charge is 0.0745 e. The van der Waals surface area contributed by atoms with E-state index in [9.17, 15) is 0 Å². The lowest BCUT2D eigenvalue weighted by atomic mass is 10.1. The molecule has 1 atom stereocenters. The van der Waals surface area contributed by atoms with Gasteiger partial charge in [0, 0.05) is 6.61 Å². The summed E-state index contributed by atoms with van der Waals surface area (Å²) in [6.07, 6.45) is 3.30. The lowest BCUT2D eigenvalue weighted by Crippen LogP contribution is -2.14. The van der Waals surface area contributed by atoms with Crippen LogP contribution in [0.25, 0.3) is 0 Å². The number of unbranched alkanes of at least 4 members (excludes halogenated alkanes) is 1. The van der Waals surface area contributed by atoms with Gasteiger partial charge >= 0.3 is 0 Å². The second-order valence-corrected chi connectivity index (χ2v) is 7.94. The number of hydrogen-bond donors (Lipinski definition) is 3. The van der Waals surface area contributed by atoms with Crippen molar-refractivity contribution in [3.8, 4) is 0 Å². The van der Waals surface area contributed by atoms with Crippen LogP contribution in [0.4, 0.5) is 0 Å². The zero-order valence-electron chi connectivity index (χ0n) is 21.8. The van der Waals surface area contributed by atoms with Gasteiger partial charge in [-0.25, -0.2) is 0 Å². The predicted octanol–water partition coefficient (Wildman–Crippen LogP) is 1.28. The number of aliphatic hydroxyl groups is 3. The maximum absolute atomic E-state index is 8.87. The molecule has 3 N–H and O–H groups in total. The van der Waals surface area contributed by atoms with Gasteiger partial charge in [0.05, 0.1) is 105 Å². The van der Waals surface area contributed by atoms with Crippen molar-refractivity contribution < 1.29 is 48.5 Å². The number of rotatable bonds is 26. The lowest BCUT2D eigenvalue weighted by Gasteiger charge is -2.07. The lowest BCUT2D eigenvalue weighted by molar-refractivity contribution is -0.0194. The van der Waals surface area contributed by atoms with Crippen molar-refractivity contribution in [2.24, 2.45) is 5.92 Å². The Kier molecular flexibility index (Phi) is 34.3. The maximum atomic E-state index is 8.87. The Morgan fingerprint density at radius 1 is 0.471 bits per heavy atom. The fourth-order valence-electron chi connectivity index (χ4n) is 2.34. The molecule has 0 aliphatic carbocycles. The van der Waals surface area contributed by atoms with Crippen LogP contribution in [0, 0.1) is 5.92 Å². The van der Waals surface area contributed by atoms with Gasteiger partial charge in [-0.1, -0.05) is 26.7 Å². The zero-order chi connectivity index (χ0) is 25.5. The fraction of sp³-hybridized carbons (Fsp3) is 1.00. The highest BCUT2D eigenvalue weighted by Gasteiger charge is 1.97. The summed E-state index contributed by atoms with van der Waals surface area (Å²) < 4.78 is 36.5. The van der Waals surface area contributed by atoms with Crippen molar-refractivity contribution in [1.29, 1.82) is 0 Å². The second-order valence-electron chi connectivity index (χ2n) is 7.94. The molecule has 1 unspecified atom stereocenters. The van der Waals surface area contributed by atoms with Crippen LogP contribution in [0.5, 0.6) is 0 Å². The van der Waals surface area contributed by atoms with E-state index < -0.39 is 0 Å². The van der Waals surface area contributed by atoms with Gasteiger partial charge in [0.25, 0.3) is 0 Å². The molecule has 0 aromatic carbocycles. The van der Waals surface area contributed by atoms with Crippen LogP contribution >= 0.6 is 0 Å². The van der Waals surface area contributed by atoms with Crippen LogP contribution in [0.2, 0.25) is 0 Å². The summed E-state index contributed by atoms with van der Waals surface area (Å²) >= 11 is 0. The minimum absolute atomic E-state index is 0.0334. The highest BCUT2D eigenvalue weighted by atomic mass is 16.6. The molecule has 0 heterocycles. The molecule has 0 aromatic rings. The predicted molar refractivity (Wildman–Crippen MR) is 130 cm³/mol. The monoisotopic (exact) mass is 500 g/mol. The van der Waals surface area contributed by atoms with E-state index in [-0.39, 0.29) is 19.3 Å². The molecular formula is C24H52O10. The van der Waals surface area contributed by atoms with Gasteiger partial charge in [0.15, 0.2) is 0 Å². The standard InChI is InChI=1S/C14H30O8.C10H22O2/c15-1-3-17-5-7-19-9-11-21-13-14-22-12-10-20-8-6-18-4-2-16;1-9(2)6-4-5-7-12-8-10(3)11/h15-16H,1-14H2;9-11H,4-8H2,1-3H3. The first-order valence-electron chi connectivity index (χ1n) is 12.5. The first kappa shape index (κ1) is 35.8. The Labute approximate surface area is 206 Å². The molecule has 0 aliphatic heterocycles. The summed E-state index contributed by atoms with van der Waals surface area (Å²) in [5, 5.41) is 25.8. The van der Waals surface area contributed by atoms with E-state index in [2.05, 4.69) is 13.8 Å². The van der Waals surface area contributed by atoms with E-state index in [0.29, 0.717) is 85.9 Å². The molecule has 0 aliphatic rings. The Bertz CT molecular complexity index is 314. The summed E-state index contributed by atoms with van der Waals surface area (Å²) in [4.78, 5) is 0. The van der Waals surface area contributed by atoms with Crippen LogP contribution in [0.3, 0.4) is 0 Å². The summed E-state index contributed by atoms with van der Waals surface area (Å²) in [6.45, 7) is 13.3. The van der Waals surface area contributed by atoms with E-state index >= 15 is 0 Å². The first-order chi connectivity index (χ1) is 16.5. The van der Waals surface area contributed by atoms with Crippen molar-refractivity contribution >= 4 is 0 Å². The van der Waals surface area contributed by atoms with Crippen LogP contribution in [0.1, 0.15) is 40.0 Å². The van der Waals surface area contributed by atoms with Crippen molar-refractivity contribution in [3.05, 3.63) is 0 Å². The van der Waals surface area contributed by atoms with E-state index in [1.807, 2.05) is 0 Å². The van der Waals surface area contributed by atoms with Gasteiger partial charge in [-0.15, -0.1) is 0 Å². The SMILES string of the molecule is CC(C)CCCCOCC(C)O.OCCOCCOCCOCCOCCOCCOCCO. The van der Waals surface area contributed by atoms with Crippen molar-refractivity contribution in [2.75, 3.05) is 106 Å². The number of ether oxygens (including phenoxy) is 7. The number of aliphatic hydroxyl groups excluding tert-OH is 3. The van der Waals surface area contributed by atoms with Crippen LogP contribution in [-0.2, 0) is 33.2 Å². The molecular weight excluding hydrogens is 448 g/mol. The molecule has 0 fully saturated rings. The molecule has 0 saturated carbocycles. The van der Waals surface area contributed by atoms with Crippen molar-refractivity contribution in [1.82, 2.24) is 0 Å². The van der Waals surface area contributed by atoms with Gasteiger partial charge in [0.2, 0.25) is 0 Å². The minimum Gasteiger partial charge on any atom is -0.394 e. The fourth-order valence-corrected chi connectivity index (χ4v) is 2.34. The molecule has 0 aromatic heterocycles. The van der Waals surface area contributed by atoms with E-state index in [1.54, 1.807) is 6.92 Å².